The first-order chi connectivity index (χ1) is 19.6. The van der Waals surface area contributed by atoms with Gasteiger partial charge in [-0.1, -0.05) is 29.8 Å². The number of fused-ring (bicyclic) bond motifs is 1. The Kier molecular flexibility index (Phi) is 9.04. The molecule has 0 radical (unpaired) electrons. The van der Waals surface area contributed by atoms with E-state index in [0.717, 1.165) is 48.9 Å². The Labute approximate surface area is 245 Å². The topological polar surface area (TPSA) is 85.3 Å². The molecule has 9 heteroatoms. The summed E-state index contributed by atoms with van der Waals surface area (Å²) in [5.74, 6) is -0.121. The maximum absolute atomic E-state index is 13.6. The van der Waals surface area contributed by atoms with E-state index in [-0.39, 0.29) is 24.2 Å². The summed E-state index contributed by atoms with van der Waals surface area (Å²) in [7, 11) is 0. The fourth-order valence-corrected chi connectivity index (χ4v) is 5.93. The van der Waals surface area contributed by atoms with Crippen LogP contribution >= 0.6 is 11.6 Å². The van der Waals surface area contributed by atoms with Crippen LogP contribution in [0.25, 0.3) is 10.8 Å². The summed E-state index contributed by atoms with van der Waals surface area (Å²) in [4.78, 5) is 18.0. The summed E-state index contributed by atoms with van der Waals surface area (Å²) in [6.07, 6.45) is 1.95. The highest BCUT2D eigenvalue weighted by Gasteiger charge is 2.33. The molecule has 2 saturated heterocycles. The molecule has 2 fully saturated rings. The number of aliphatic hydroxyl groups is 2. The van der Waals surface area contributed by atoms with Gasteiger partial charge < -0.3 is 30.1 Å². The van der Waals surface area contributed by atoms with Crippen LogP contribution in [0.1, 0.15) is 44.8 Å². The lowest BCUT2D eigenvalue weighted by atomic mass is 10.00. The number of benzene rings is 3. The van der Waals surface area contributed by atoms with Crippen molar-refractivity contribution in [3.8, 4) is 5.75 Å². The molecule has 1 amide bonds. The molecule has 5 rings (SSSR count). The van der Waals surface area contributed by atoms with Crippen LogP contribution < -0.4 is 15.0 Å². The summed E-state index contributed by atoms with van der Waals surface area (Å²) < 4.78 is 19.2. The first-order valence-corrected chi connectivity index (χ1v) is 14.7. The predicted molar refractivity (Wildman–Crippen MR) is 160 cm³/mol. The zero-order valence-corrected chi connectivity index (χ0v) is 24.4. The van der Waals surface area contributed by atoms with E-state index in [1.165, 1.54) is 12.1 Å². The fraction of sp³-hybridized carbons (Fsp3) is 0.469. The van der Waals surface area contributed by atoms with Crippen LogP contribution in [-0.2, 0) is 4.79 Å². The third-order valence-electron chi connectivity index (χ3n) is 7.95. The number of halogens is 2. The van der Waals surface area contributed by atoms with Crippen LogP contribution in [0, 0.1) is 11.7 Å². The molecule has 0 spiro atoms. The van der Waals surface area contributed by atoms with Gasteiger partial charge in [0.05, 0.1) is 22.6 Å². The Morgan fingerprint density at radius 2 is 1.83 bits per heavy atom. The van der Waals surface area contributed by atoms with Gasteiger partial charge >= 0.3 is 0 Å². The maximum Gasteiger partial charge on any atom is 0.225 e. The van der Waals surface area contributed by atoms with Gasteiger partial charge in [0.15, 0.2) is 0 Å². The van der Waals surface area contributed by atoms with Crippen molar-refractivity contribution in [3.05, 3.63) is 71.0 Å². The molecule has 0 aromatic heterocycles. The summed E-state index contributed by atoms with van der Waals surface area (Å²) in [6, 6.07) is 15.3. The third-order valence-corrected chi connectivity index (χ3v) is 8.25. The highest BCUT2D eigenvalue weighted by atomic mass is 35.5. The summed E-state index contributed by atoms with van der Waals surface area (Å²) >= 11 is 6.47. The van der Waals surface area contributed by atoms with E-state index in [4.69, 9.17) is 16.3 Å². The van der Waals surface area contributed by atoms with Gasteiger partial charge in [0.1, 0.15) is 24.3 Å². The monoisotopic (exact) mass is 583 g/mol. The number of ether oxygens (including phenoxy) is 1. The van der Waals surface area contributed by atoms with Crippen LogP contribution in [0.5, 0.6) is 5.75 Å². The van der Waals surface area contributed by atoms with Crippen molar-refractivity contribution in [2.75, 3.05) is 44.2 Å². The van der Waals surface area contributed by atoms with Gasteiger partial charge in [0.25, 0.3) is 0 Å². The second-order valence-electron chi connectivity index (χ2n) is 12.0. The molecule has 3 aromatic rings. The van der Waals surface area contributed by atoms with Gasteiger partial charge in [-0.2, -0.15) is 0 Å². The first kappa shape index (κ1) is 29.6. The van der Waals surface area contributed by atoms with Crippen molar-refractivity contribution in [2.45, 2.75) is 50.9 Å². The third kappa shape index (κ3) is 7.49. The normalized spacial score (nSPS) is 19.5. The summed E-state index contributed by atoms with van der Waals surface area (Å²) in [5.41, 5.74) is 0.598. The number of likely N-dealkylation sites (tertiary alicyclic amines) is 1. The quantitative estimate of drug-likeness (QED) is 0.314. The highest BCUT2D eigenvalue weighted by Crippen LogP contribution is 2.31. The standard InChI is InChI=1S/C32H39ClFN3O4/c1-32(2,40)20-41-29-10-7-23(17-27(29)33)30(38)28(19-36-12-3-4-13-36)35-31(39)24-11-14-37(18-24)26-9-6-21-15-25(34)8-5-22(21)16-26/h5-10,15-17,24,28,30,38,40H,3-4,11-14,18-20H2,1-2H3,(H,35,39)/t24-,28-,30-/m1/s1. The zero-order chi connectivity index (χ0) is 29.1. The molecule has 41 heavy (non-hydrogen) atoms. The Morgan fingerprint density at radius 1 is 1.10 bits per heavy atom. The molecular weight excluding hydrogens is 545 g/mol. The second-order valence-corrected chi connectivity index (χ2v) is 12.4. The molecule has 0 unspecified atom stereocenters. The van der Waals surface area contributed by atoms with E-state index in [1.807, 2.05) is 18.2 Å². The minimum atomic E-state index is -1.00. The van der Waals surface area contributed by atoms with Crippen LogP contribution in [-0.4, -0.2) is 72.0 Å². The number of aliphatic hydroxyl groups excluding tert-OH is 1. The highest BCUT2D eigenvalue weighted by molar-refractivity contribution is 6.32. The number of nitrogens with one attached hydrogen (secondary N) is 1. The smallest absolute Gasteiger partial charge is 0.225 e. The Bertz CT molecular complexity index is 1370. The van der Waals surface area contributed by atoms with E-state index < -0.39 is 17.7 Å². The lowest BCUT2D eigenvalue weighted by Crippen LogP contribution is -2.48. The lowest BCUT2D eigenvalue weighted by Gasteiger charge is -2.30. The number of rotatable bonds is 10. The van der Waals surface area contributed by atoms with Crippen molar-refractivity contribution < 1.29 is 24.1 Å². The zero-order valence-electron chi connectivity index (χ0n) is 23.7. The largest absolute Gasteiger partial charge is 0.489 e. The van der Waals surface area contributed by atoms with Gasteiger partial charge in [-0.25, -0.2) is 4.39 Å². The maximum atomic E-state index is 13.6. The Morgan fingerprint density at radius 3 is 2.56 bits per heavy atom. The molecule has 2 aliphatic rings. The SMILES string of the molecule is CC(C)(O)COc1ccc([C@@H](O)[C@@H](CN2CCCC2)NC(=O)[C@@H]2CCN(c3ccc4cc(F)ccc4c3)C2)cc1Cl. The number of hydrogen-bond acceptors (Lipinski definition) is 6. The van der Waals surface area contributed by atoms with Gasteiger partial charge in [-0.15, -0.1) is 0 Å². The van der Waals surface area contributed by atoms with E-state index in [1.54, 1.807) is 38.1 Å². The van der Waals surface area contributed by atoms with Gasteiger partial charge in [-0.05, 0) is 98.9 Å². The summed E-state index contributed by atoms with van der Waals surface area (Å²) in [6.45, 7) is 7.11. The van der Waals surface area contributed by atoms with Crippen LogP contribution in [0.3, 0.4) is 0 Å². The molecule has 0 saturated carbocycles. The number of anilines is 1. The van der Waals surface area contributed by atoms with Crippen molar-refractivity contribution >= 4 is 34.0 Å². The molecular formula is C32H39ClFN3O4. The van der Waals surface area contributed by atoms with Gasteiger partial charge in [0, 0.05) is 25.3 Å². The second kappa shape index (κ2) is 12.5. The number of carbonyl (C=O) groups is 1. The number of carbonyl (C=O) groups excluding carboxylic acids is 1. The average Bonchev–Trinajstić information content (AvgIpc) is 3.63. The molecule has 0 bridgehead atoms. The number of amides is 1. The molecule has 2 aliphatic heterocycles. The van der Waals surface area contributed by atoms with Crippen LogP contribution in [0.4, 0.5) is 10.1 Å². The average molecular weight is 584 g/mol. The molecule has 0 aliphatic carbocycles. The summed E-state index contributed by atoms with van der Waals surface area (Å²) in [5, 5.41) is 26.7. The van der Waals surface area contributed by atoms with Crippen LogP contribution in [0.15, 0.2) is 54.6 Å². The molecule has 3 atom stereocenters. The van der Waals surface area contributed by atoms with Crippen molar-refractivity contribution in [1.82, 2.24) is 10.2 Å². The predicted octanol–water partition coefficient (Wildman–Crippen LogP) is 4.92. The van der Waals surface area contributed by atoms with Crippen molar-refractivity contribution in [2.24, 2.45) is 5.92 Å². The first-order valence-electron chi connectivity index (χ1n) is 14.4. The molecule has 220 valence electrons. The van der Waals surface area contributed by atoms with Gasteiger partial charge in [0.2, 0.25) is 5.91 Å². The molecule has 3 aromatic carbocycles. The Hall–Kier alpha value is -2.91. The lowest BCUT2D eigenvalue weighted by molar-refractivity contribution is -0.126. The van der Waals surface area contributed by atoms with Crippen molar-refractivity contribution in [1.29, 1.82) is 0 Å². The van der Waals surface area contributed by atoms with Gasteiger partial charge in [-0.3, -0.25) is 4.79 Å². The fourth-order valence-electron chi connectivity index (χ4n) is 5.68. The number of hydrogen-bond donors (Lipinski definition) is 3. The van der Waals surface area contributed by atoms with Crippen molar-refractivity contribution in [3.63, 3.8) is 0 Å². The molecule has 2 heterocycles. The van der Waals surface area contributed by atoms with Crippen LogP contribution in [0.2, 0.25) is 5.02 Å². The number of nitrogens with zero attached hydrogens (tertiary/aromatic N) is 2. The Balaban J connectivity index is 1.26. The van der Waals surface area contributed by atoms with E-state index in [2.05, 4.69) is 15.1 Å². The van der Waals surface area contributed by atoms with E-state index in [0.29, 0.717) is 35.8 Å². The van der Waals surface area contributed by atoms with E-state index in [9.17, 15) is 19.4 Å². The molecule has 3 N–H and O–H groups in total. The minimum Gasteiger partial charge on any atom is -0.489 e. The van der Waals surface area contributed by atoms with E-state index >= 15 is 0 Å². The minimum absolute atomic E-state index is 0.0742. The molecule has 7 nitrogen and oxygen atoms in total.